The Labute approximate surface area is 83.0 Å². The fourth-order valence-corrected chi connectivity index (χ4v) is 1.22. The van der Waals surface area contributed by atoms with E-state index in [0.717, 1.165) is 12.4 Å². The maximum Gasteiger partial charge on any atom is 0.354 e. The molecule has 1 heterocycles. The zero-order valence-corrected chi connectivity index (χ0v) is 8.69. The molecule has 0 aliphatic rings. The zero-order chi connectivity index (χ0) is 10.7. The van der Waals surface area contributed by atoms with E-state index in [1.54, 1.807) is 4.57 Å². The van der Waals surface area contributed by atoms with Crippen LogP contribution < -0.4 is 0 Å². The highest BCUT2D eigenvalue weighted by molar-refractivity contribution is 5.85. The van der Waals surface area contributed by atoms with Crippen molar-refractivity contribution >= 4 is 5.97 Å². The van der Waals surface area contributed by atoms with Gasteiger partial charge in [-0.15, -0.1) is 0 Å². The lowest BCUT2D eigenvalue weighted by molar-refractivity contribution is 0.0684. The second-order valence-corrected chi connectivity index (χ2v) is 3.45. The quantitative estimate of drug-likeness (QED) is 0.761. The molecule has 0 atom stereocenters. The lowest BCUT2D eigenvalue weighted by atomic mass is 10.4. The average Bonchev–Trinajstić information content (AvgIpc) is 2.43. The summed E-state index contributed by atoms with van der Waals surface area (Å²) >= 11 is 0. The van der Waals surface area contributed by atoms with Gasteiger partial charge in [0, 0.05) is 13.1 Å². The van der Waals surface area contributed by atoms with Gasteiger partial charge in [-0.25, -0.2) is 9.78 Å². The molecule has 14 heavy (non-hydrogen) atoms. The van der Waals surface area contributed by atoms with Crippen LogP contribution >= 0.6 is 0 Å². The molecular formula is C9H15N3O2. The van der Waals surface area contributed by atoms with Crippen molar-refractivity contribution in [1.82, 2.24) is 14.5 Å². The second-order valence-electron chi connectivity index (χ2n) is 3.45. The van der Waals surface area contributed by atoms with Crippen LogP contribution in [-0.2, 0) is 6.54 Å². The van der Waals surface area contributed by atoms with Crippen LogP contribution in [0.25, 0.3) is 0 Å². The summed E-state index contributed by atoms with van der Waals surface area (Å²) in [5.41, 5.74) is 0.254. The third-order valence-electron chi connectivity index (χ3n) is 2.05. The Balaban J connectivity index is 2.83. The van der Waals surface area contributed by atoms with E-state index < -0.39 is 5.97 Å². The summed E-state index contributed by atoms with van der Waals surface area (Å²) in [5.74, 6) is -0.186. The van der Waals surface area contributed by atoms with Gasteiger partial charge in [0.05, 0.1) is 6.20 Å². The smallest absolute Gasteiger partial charge is 0.354 e. The van der Waals surface area contributed by atoms with E-state index >= 15 is 0 Å². The van der Waals surface area contributed by atoms with Crippen LogP contribution in [0.15, 0.2) is 6.20 Å². The monoisotopic (exact) mass is 197 g/mol. The molecular weight excluding hydrogens is 182 g/mol. The number of hydrogen-bond donors (Lipinski definition) is 1. The lowest BCUT2D eigenvalue weighted by Crippen LogP contribution is -2.21. The molecule has 0 saturated carbocycles. The van der Waals surface area contributed by atoms with Crippen LogP contribution in [-0.4, -0.2) is 46.2 Å². The van der Waals surface area contributed by atoms with Crippen molar-refractivity contribution in [2.75, 3.05) is 20.6 Å². The molecule has 0 spiro atoms. The van der Waals surface area contributed by atoms with E-state index in [4.69, 9.17) is 5.11 Å². The Morgan fingerprint density at radius 1 is 1.64 bits per heavy atom. The molecule has 1 aromatic rings. The maximum atomic E-state index is 10.8. The average molecular weight is 197 g/mol. The van der Waals surface area contributed by atoms with Gasteiger partial charge < -0.3 is 14.6 Å². The summed E-state index contributed by atoms with van der Waals surface area (Å²) in [7, 11) is 3.90. The lowest BCUT2D eigenvalue weighted by Gasteiger charge is -2.12. The highest BCUT2D eigenvalue weighted by Crippen LogP contribution is 2.04. The van der Waals surface area contributed by atoms with Gasteiger partial charge in [0.25, 0.3) is 0 Å². The molecule has 0 amide bonds. The van der Waals surface area contributed by atoms with E-state index in [0.29, 0.717) is 6.54 Å². The first-order chi connectivity index (χ1) is 6.52. The minimum absolute atomic E-state index is 0.254. The molecule has 0 unspecified atom stereocenters. The first kappa shape index (κ1) is 10.7. The van der Waals surface area contributed by atoms with Gasteiger partial charge in [-0.2, -0.15) is 0 Å². The first-order valence-electron chi connectivity index (χ1n) is 4.42. The summed E-state index contributed by atoms with van der Waals surface area (Å²) in [4.78, 5) is 16.8. The molecule has 0 aliphatic heterocycles. The van der Waals surface area contributed by atoms with Crippen molar-refractivity contribution in [3.8, 4) is 0 Å². The molecule has 0 bridgehead atoms. The number of likely N-dealkylation sites (N-methyl/N-ethyl adjacent to an activating group) is 1. The fourth-order valence-electron chi connectivity index (χ4n) is 1.22. The summed E-state index contributed by atoms with van der Waals surface area (Å²) in [6.07, 6.45) is 1.40. The van der Waals surface area contributed by atoms with Crippen LogP contribution in [0.5, 0.6) is 0 Å². The predicted molar refractivity (Wildman–Crippen MR) is 52.5 cm³/mol. The van der Waals surface area contributed by atoms with Crippen LogP contribution in [0.4, 0.5) is 0 Å². The Hall–Kier alpha value is -1.36. The van der Waals surface area contributed by atoms with E-state index in [1.165, 1.54) is 6.20 Å². The molecule has 5 nitrogen and oxygen atoms in total. The normalized spacial score (nSPS) is 10.9. The van der Waals surface area contributed by atoms with Gasteiger partial charge in [0.2, 0.25) is 0 Å². The Morgan fingerprint density at radius 2 is 2.29 bits per heavy atom. The molecule has 0 saturated heterocycles. The van der Waals surface area contributed by atoms with Crippen LogP contribution in [0, 0.1) is 6.92 Å². The third kappa shape index (κ3) is 2.32. The summed E-state index contributed by atoms with van der Waals surface area (Å²) in [6.45, 7) is 3.26. The van der Waals surface area contributed by atoms with Gasteiger partial charge in [-0.05, 0) is 21.0 Å². The van der Waals surface area contributed by atoms with Gasteiger partial charge >= 0.3 is 5.97 Å². The van der Waals surface area contributed by atoms with Gasteiger partial charge in [-0.1, -0.05) is 0 Å². The Bertz CT molecular complexity index is 331. The highest BCUT2D eigenvalue weighted by Gasteiger charge is 2.12. The summed E-state index contributed by atoms with van der Waals surface area (Å²) < 4.78 is 1.71. The number of imidazole rings is 1. The van der Waals surface area contributed by atoms with Crippen LogP contribution in [0.3, 0.4) is 0 Å². The third-order valence-corrected chi connectivity index (χ3v) is 2.05. The van der Waals surface area contributed by atoms with Crippen molar-refractivity contribution in [2.24, 2.45) is 0 Å². The van der Waals surface area contributed by atoms with Crippen molar-refractivity contribution in [2.45, 2.75) is 13.5 Å². The molecule has 78 valence electrons. The predicted octanol–water partition coefficient (Wildman–Crippen LogP) is 0.451. The SMILES string of the molecule is Cc1ncc(C(=O)O)n1CCN(C)C. The minimum Gasteiger partial charge on any atom is -0.477 e. The Kier molecular flexibility index (Phi) is 3.24. The number of carbonyl (C=O) groups is 1. The summed E-state index contributed by atoms with van der Waals surface area (Å²) in [6, 6.07) is 0. The molecule has 1 aromatic heterocycles. The molecule has 1 N–H and O–H groups in total. The molecule has 1 rings (SSSR count). The van der Waals surface area contributed by atoms with Gasteiger partial charge in [0.15, 0.2) is 0 Å². The fraction of sp³-hybridized carbons (Fsp3) is 0.556. The standard InChI is InChI=1S/C9H15N3O2/c1-7-10-6-8(9(13)14)12(7)5-4-11(2)3/h6H,4-5H2,1-3H3,(H,13,14). The maximum absolute atomic E-state index is 10.8. The zero-order valence-electron chi connectivity index (χ0n) is 8.69. The molecule has 0 aromatic carbocycles. The summed E-state index contributed by atoms with van der Waals surface area (Å²) in [5, 5.41) is 8.87. The van der Waals surface area contributed by atoms with Gasteiger partial charge in [-0.3, -0.25) is 0 Å². The highest BCUT2D eigenvalue weighted by atomic mass is 16.4. The number of aryl methyl sites for hydroxylation is 1. The second kappa shape index (κ2) is 4.23. The molecule has 0 fully saturated rings. The van der Waals surface area contributed by atoms with Crippen LogP contribution in [0.1, 0.15) is 16.3 Å². The van der Waals surface area contributed by atoms with Crippen LogP contribution in [0.2, 0.25) is 0 Å². The van der Waals surface area contributed by atoms with E-state index in [1.807, 2.05) is 25.9 Å². The molecule has 0 radical (unpaired) electrons. The number of aromatic carboxylic acids is 1. The van der Waals surface area contributed by atoms with E-state index in [-0.39, 0.29) is 5.69 Å². The number of carboxylic acid groups (broad SMARTS) is 1. The van der Waals surface area contributed by atoms with Gasteiger partial charge in [0.1, 0.15) is 11.5 Å². The number of hydrogen-bond acceptors (Lipinski definition) is 3. The Morgan fingerprint density at radius 3 is 2.79 bits per heavy atom. The van der Waals surface area contributed by atoms with Crippen molar-refractivity contribution in [3.63, 3.8) is 0 Å². The van der Waals surface area contributed by atoms with E-state index in [2.05, 4.69) is 4.98 Å². The van der Waals surface area contributed by atoms with Crippen molar-refractivity contribution < 1.29 is 9.90 Å². The minimum atomic E-state index is -0.927. The van der Waals surface area contributed by atoms with Crippen molar-refractivity contribution in [1.29, 1.82) is 0 Å². The molecule has 0 aliphatic carbocycles. The van der Waals surface area contributed by atoms with E-state index in [9.17, 15) is 4.79 Å². The number of nitrogens with zero attached hydrogens (tertiary/aromatic N) is 3. The topological polar surface area (TPSA) is 58.4 Å². The molecule has 5 heteroatoms. The first-order valence-corrected chi connectivity index (χ1v) is 4.42. The number of rotatable bonds is 4. The number of carboxylic acids is 1. The largest absolute Gasteiger partial charge is 0.477 e. The van der Waals surface area contributed by atoms with Crippen molar-refractivity contribution in [3.05, 3.63) is 17.7 Å². The number of aromatic nitrogens is 2.